The zero-order chi connectivity index (χ0) is 55.0. The molecule has 0 saturated carbocycles. The summed E-state index contributed by atoms with van der Waals surface area (Å²) < 4.78 is 16.8. The number of unbranched alkanes of at least 4 members (excludes halogenated alkanes) is 37. The molecule has 0 radical (unpaired) electrons. The lowest BCUT2D eigenvalue weighted by Crippen LogP contribution is -2.30. The predicted molar refractivity (Wildman–Crippen MR) is 330 cm³/mol. The van der Waals surface area contributed by atoms with Crippen LogP contribution >= 0.6 is 0 Å². The van der Waals surface area contributed by atoms with Crippen molar-refractivity contribution in [2.75, 3.05) is 13.2 Å². The third-order valence-corrected chi connectivity index (χ3v) is 14.4. The average molecular weight is 1060 g/mol. The van der Waals surface area contributed by atoms with Crippen molar-refractivity contribution < 1.29 is 28.6 Å². The van der Waals surface area contributed by atoms with E-state index in [0.29, 0.717) is 19.3 Å². The second-order valence-corrected chi connectivity index (χ2v) is 22.0. The van der Waals surface area contributed by atoms with Crippen molar-refractivity contribution >= 4 is 17.9 Å². The number of carbonyl (C=O) groups is 3. The Hall–Kier alpha value is -3.15. The number of hydrogen-bond donors (Lipinski definition) is 0. The van der Waals surface area contributed by atoms with Gasteiger partial charge >= 0.3 is 17.9 Å². The van der Waals surface area contributed by atoms with Crippen LogP contribution in [-0.4, -0.2) is 37.2 Å². The van der Waals surface area contributed by atoms with E-state index in [1.807, 2.05) is 0 Å². The number of rotatable bonds is 60. The minimum absolute atomic E-state index is 0.0780. The van der Waals surface area contributed by atoms with Crippen LogP contribution in [0.4, 0.5) is 0 Å². The van der Waals surface area contributed by atoms with Gasteiger partial charge in [-0.2, -0.15) is 0 Å². The van der Waals surface area contributed by atoms with Crippen molar-refractivity contribution in [3.8, 4) is 0 Å². The van der Waals surface area contributed by atoms with E-state index in [2.05, 4.69) is 93.7 Å². The Morgan fingerprint density at radius 2 is 0.513 bits per heavy atom. The molecule has 0 heterocycles. The second-order valence-electron chi connectivity index (χ2n) is 22.0. The van der Waals surface area contributed by atoms with Gasteiger partial charge in [0.2, 0.25) is 0 Å². The number of esters is 3. The predicted octanol–water partition coefficient (Wildman–Crippen LogP) is 22.5. The fourth-order valence-electron chi connectivity index (χ4n) is 9.53. The highest BCUT2D eigenvalue weighted by atomic mass is 16.6. The largest absolute Gasteiger partial charge is 0.462 e. The highest BCUT2D eigenvalue weighted by Crippen LogP contribution is 2.17. The minimum atomic E-state index is -0.779. The molecule has 0 fully saturated rings. The molecule has 0 saturated heterocycles. The molecule has 6 heteroatoms. The minimum Gasteiger partial charge on any atom is -0.462 e. The van der Waals surface area contributed by atoms with Gasteiger partial charge in [0.1, 0.15) is 13.2 Å². The molecular weight excluding hydrogens is 937 g/mol. The molecule has 1 unspecified atom stereocenters. The van der Waals surface area contributed by atoms with Crippen LogP contribution in [0.1, 0.15) is 335 Å². The number of allylic oxidation sites excluding steroid dienone is 12. The Morgan fingerprint density at radius 1 is 0.276 bits per heavy atom. The Morgan fingerprint density at radius 3 is 0.803 bits per heavy atom. The molecule has 6 nitrogen and oxygen atoms in total. The van der Waals surface area contributed by atoms with Gasteiger partial charge in [-0.05, 0) is 89.9 Å². The summed E-state index contributed by atoms with van der Waals surface area (Å²) in [6.07, 6.45) is 84.0. The lowest BCUT2D eigenvalue weighted by atomic mass is 10.0. The summed E-state index contributed by atoms with van der Waals surface area (Å²) in [4.78, 5) is 38.0. The number of ether oxygens (including phenoxy) is 3. The lowest BCUT2D eigenvalue weighted by molar-refractivity contribution is -0.167. The Balaban J connectivity index is 3.98. The van der Waals surface area contributed by atoms with Gasteiger partial charge in [-0.1, -0.05) is 299 Å². The fourth-order valence-corrected chi connectivity index (χ4v) is 9.53. The normalized spacial score (nSPS) is 12.5. The Kier molecular flexibility index (Phi) is 61.7. The molecule has 0 amide bonds. The van der Waals surface area contributed by atoms with E-state index in [9.17, 15) is 14.4 Å². The topological polar surface area (TPSA) is 78.9 Å². The van der Waals surface area contributed by atoms with Gasteiger partial charge in [0.15, 0.2) is 6.10 Å². The quantitative estimate of drug-likeness (QED) is 0.0261. The van der Waals surface area contributed by atoms with Gasteiger partial charge in [0.25, 0.3) is 0 Å². The van der Waals surface area contributed by atoms with Crippen LogP contribution in [0.5, 0.6) is 0 Å². The van der Waals surface area contributed by atoms with Gasteiger partial charge in [0.05, 0.1) is 0 Å². The first-order valence-electron chi connectivity index (χ1n) is 32.9. The maximum absolute atomic E-state index is 12.8. The Bertz CT molecular complexity index is 1400. The zero-order valence-corrected chi connectivity index (χ0v) is 50.5. The van der Waals surface area contributed by atoms with Crippen molar-refractivity contribution in [2.24, 2.45) is 0 Å². The summed E-state index contributed by atoms with van der Waals surface area (Å²) in [5, 5.41) is 0. The molecule has 76 heavy (non-hydrogen) atoms. The van der Waals surface area contributed by atoms with E-state index >= 15 is 0 Å². The van der Waals surface area contributed by atoms with Gasteiger partial charge in [-0.15, -0.1) is 0 Å². The van der Waals surface area contributed by atoms with Crippen LogP contribution in [-0.2, 0) is 28.6 Å². The van der Waals surface area contributed by atoms with Crippen LogP contribution in [0.3, 0.4) is 0 Å². The van der Waals surface area contributed by atoms with Gasteiger partial charge in [-0.25, -0.2) is 0 Å². The molecule has 0 aromatic rings. The number of hydrogen-bond acceptors (Lipinski definition) is 6. The van der Waals surface area contributed by atoms with E-state index in [1.54, 1.807) is 0 Å². The van der Waals surface area contributed by atoms with Crippen molar-refractivity contribution in [1.29, 1.82) is 0 Å². The van der Waals surface area contributed by atoms with Crippen molar-refractivity contribution in [3.63, 3.8) is 0 Å². The standard InChI is InChI=1S/C70H124O6/c1-4-7-10-13-16-18-20-22-24-26-28-29-30-31-32-33-34-35-36-37-38-39-40-41-43-44-46-48-50-52-54-57-60-63-69(72)75-66-67(65-74-68(71)62-59-56-15-12-9-6-3)76-70(73)64-61-58-55-53-51-49-47-45-42-27-25-23-21-19-17-14-11-8-5-2/h8,11,17,19-20,22-23,25-26,28,42,45,67H,4-7,9-10,12-16,18,21,24,27,29-41,43-44,46-66H2,1-3H3/b11-8-,19-17-,22-20-,25-23-,28-26-,45-42-. The molecule has 0 aliphatic heterocycles. The van der Waals surface area contributed by atoms with Crippen molar-refractivity contribution in [3.05, 3.63) is 72.9 Å². The van der Waals surface area contributed by atoms with Crippen molar-refractivity contribution in [2.45, 2.75) is 341 Å². The fraction of sp³-hybridized carbons (Fsp3) is 0.786. The van der Waals surface area contributed by atoms with Crippen molar-refractivity contribution in [1.82, 2.24) is 0 Å². The van der Waals surface area contributed by atoms with E-state index < -0.39 is 6.10 Å². The molecule has 0 rings (SSSR count). The van der Waals surface area contributed by atoms with Crippen LogP contribution in [0.15, 0.2) is 72.9 Å². The first-order chi connectivity index (χ1) is 37.5. The van der Waals surface area contributed by atoms with Gasteiger partial charge < -0.3 is 14.2 Å². The van der Waals surface area contributed by atoms with Crippen LogP contribution in [0.25, 0.3) is 0 Å². The van der Waals surface area contributed by atoms with E-state index in [-0.39, 0.29) is 31.1 Å². The van der Waals surface area contributed by atoms with Crippen LogP contribution in [0.2, 0.25) is 0 Å². The second kappa shape index (κ2) is 64.4. The highest BCUT2D eigenvalue weighted by Gasteiger charge is 2.19. The molecule has 0 aromatic heterocycles. The van der Waals surface area contributed by atoms with Crippen LogP contribution < -0.4 is 0 Å². The SMILES string of the molecule is CC/C=C\C/C=C\C/C=C\C/C=C\CCCCCCCCC(=O)OC(COC(=O)CCCCCCCC)COC(=O)CCCCCCCCCCCCCCCCCCCCCCC/C=C\C/C=C\CCCCCCC. The summed E-state index contributed by atoms with van der Waals surface area (Å²) >= 11 is 0. The summed E-state index contributed by atoms with van der Waals surface area (Å²) in [6, 6.07) is 0. The highest BCUT2D eigenvalue weighted by molar-refractivity contribution is 5.71. The molecule has 0 aliphatic carbocycles. The molecule has 1 atom stereocenters. The third kappa shape index (κ3) is 61.7. The van der Waals surface area contributed by atoms with E-state index in [0.717, 1.165) is 103 Å². The zero-order valence-electron chi connectivity index (χ0n) is 50.5. The molecule has 0 aromatic carbocycles. The smallest absolute Gasteiger partial charge is 0.306 e. The lowest BCUT2D eigenvalue weighted by Gasteiger charge is -2.18. The summed E-state index contributed by atoms with van der Waals surface area (Å²) in [5.74, 6) is -0.889. The average Bonchev–Trinajstić information content (AvgIpc) is 3.42. The first kappa shape index (κ1) is 72.8. The molecular formula is C70H124O6. The number of carbonyl (C=O) groups excluding carboxylic acids is 3. The van der Waals surface area contributed by atoms with E-state index in [1.165, 1.54) is 193 Å². The maximum atomic E-state index is 12.8. The summed E-state index contributed by atoms with van der Waals surface area (Å²) in [6.45, 7) is 6.48. The maximum Gasteiger partial charge on any atom is 0.306 e. The molecule has 0 spiro atoms. The first-order valence-corrected chi connectivity index (χ1v) is 32.9. The molecule has 440 valence electrons. The summed E-state index contributed by atoms with van der Waals surface area (Å²) in [5.41, 5.74) is 0. The van der Waals surface area contributed by atoms with Gasteiger partial charge in [0, 0.05) is 19.3 Å². The summed E-state index contributed by atoms with van der Waals surface area (Å²) in [7, 11) is 0. The van der Waals surface area contributed by atoms with Crippen LogP contribution in [0, 0.1) is 0 Å². The third-order valence-electron chi connectivity index (χ3n) is 14.4. The monoisotopic (exact) mass is 1060 g/mol. The molecule has 0 bridgehead atoms. The Labute approximate surface area is 472 Å². The molecule has 0 aliphatic rings. The van der Waals surface area contributed by atoms with Gasteiger partial charge in [-0.3, -0.25) is 14.4 Å². The van der Waals surface area contributed by atoms with E-state index in [4.69, 9.17) is 14.2 Å². The molecule has 0 N–H and O–H groups in total.